The number of nitrogens with two attached hydrogens (primary N) is 1. The minimum Gasteiger partial charge on any atom is -0.497 e. The van der Waals surface area contributed by atoms with Crippen LogP contribution in [-0.2, 0) is 0 Å². The molecule has 1 aliphatic carbocycles. The second-order valence-electron chi connectivity index (χ2n) is 5.03. The van der Waals surface area contributed by atoms with Crippen LogP contribution in [0.15, 0.2) is 18.2 Å². The molecule has 100 valence electrons. The summed E-state index contributed by atoms with van der Waals surface area (Å²) in [5.74, 6) is 2.28. The number of rotatable bonds is 4. The average Bonchev–Trinajstić information content (AvgIpc) is 2.46. The van der Waals surface area contributed by atoms with E-state index in [0.717, 1.165) is 17.1 Å². The Morgan fingerprint density at radius 1 is 1.11 bits per heavy atom. The van der Waals surface area contributed by atoms with Crippen molar-refractivity contribution in [2.45, 2.75) is 38.1 Å². The molecule has 0 saturated heterocycles. The maximum atomic E-state index is 6.43. The van der Waals surface area contributed by atoms with Gasteiger partial charge in [-0.15, -0.1) is 0 Å². The van der Waals surface area contributed by atoms with E-state index in [1.54, 1.807) is 14.2 Å². The molecule has 0 aromatic heterocycles. The average molecular weight is 249 g/mol. The van der Waals surface area contributed by atoms with E-state index in [9.17, 15) is 0 Å². The van der Waals surface area contributed by atoms with Gasteiger partial charge in [0.15, 0.2) is 0 Å². The molecule has 0 aliphatic heterocycles. The molecule has 2 N–H and O–H groups in total. The summed E-state index contributed by atoms with van der Waals surface area (Å²) in [5.41, 5.74) is 7.51. The van der Waals surface area contributed by atoms with Crippen molar-refractivity contribution in [2.24, 2.45) is 11.7 Å². The first-order chi connectivity index (χ1) is 8.76. The number of methoxy groups -OCH3 is 2. The van der Waals surface area contributed by atoms with Crippen molar-refractivity contribution in [3.05, 3.63) is 23.8 Å². The second kappa shape index (κ2) is 6.10. The van der Waals surface area contributed by atoms with Crippen molar-refractivity contribution < 1.29 is 9.47 Å². The number of benzene rings is 1. The topological polar surface area (TPSA) is 44.5 Å². The van der Waals surface area contributed by atoms with Gasteiger partial charge in [0.1, 0.15) is 11.5 Å². The molecule has 0 bridgehead atoms. The maximum absolute atomic E-state index is 6.43. The van der Waals surface area contributed by atoms with Gasteiger partial charge in [-0.25, -0.2) is 0 Å². The van der Waals surface area contributed by atoms with Crippen molar-refractivity contribution in [2.75, 3.05) is 14.2 Å². The van der Waals surface area contributed by atoms with Crippen LogP contribution in [0.2, 0.25) is 0 Å². The molecule has 3 heteroatoms. The zero-order chi connectivity index (χ0) is 13.0. The molecule has 1 aromatic rings. The van der Waals surface area contributed by atoms with Gasteiger partial charge in [0, 0.05) is 11.6 Å². The van der Waals surface area contributed by atoms with E-state index in [-0.39, 0.29) is 6.04 Å². The van der Waals surface area contributed by atoms with Gasteiger partial charge in [-0.1, -0.05) is 19.3 Å². The fourth-order valence-corrected chi connectivity index (χ4v) is 2.85. The van der Waals surface area contributed by atoms with Gasteiger partial charge in [0.25, 0.3) is 0 Å². The zero-order valence-corrected chi connectivity index (χ0v) is 11.3. The third-order valence-corrected chi connectivity index (χ3v) is 3.95. The predicted octanol–water partition coefficient (Wildman–Crippen LogP) is 3.28. The minimum absolute atomic E-state index is 0.0512. The van der Waals surface area contributed by atoms with Gasteiger partial charge >= 0.3 is 0 Å². The standard InChI is InChI=1S/C15H23NO2/c1-17-12-8-9-14(18-2)13(10-12)15(16)11-6-4-3-5-7-11/h8-11,15H,3-7,16H2,1-2H3/t15-/m1/s1. The summed E-state index contributed by atoms with van der Waals surface area (Å²) >= 11 is 0. The molecule has 1 saturated carbocycles. The highest BCUT2D eigenvalue weighted by Gasteiger charge is 2.24. The van der Waals surface area contributed by atoms with E-state index in [1.807, 2.05) is 18.2 Å². The molecule has 1 aliphatic rings. The van der Waals surface area contributed by atoms with E-state index in [0.29, 0.717) is 5.92 Å². The van der Waals surface area contributed by atoms with Gasteiger partial charge in [-0.3, -0.25) is 0 Å². The molecule has 1 atom stereocenters. The smallest absolute Gasteiger partial charge is 0.123 e. The summed E-state index contributed by atoms with van der Waals surface area (Å²) in [4.78, 5) is 0. The maximum Gasteiger partial charge on any atom is 0.123 e. The first-order valence-corrected chi connectivity index (χ1v) is 6.73. The summed E-state index contributed by atoms with van der Waals surface area (Å²) < 4.78 is 10.7. The van der Waals surface area contributed by atoms with E-state index in [2.05, 4.69) is 0 Å². The molecule has 2 rings (SSSR count). The second-order valence-corrected chi connectivity index (χ2v) is 5.03. The van der Waals surface area contributed by atoms with E-state index >= 15 is 0 Å². The van der Waals surface area contributed by atoms with Crippen molar-refractivity contribution in [3.63, 3.8) is 0 Å². The molecule has 0 unspecified atom stereocenters. The van der Waals surface area contributed by atoms with E-state index in [4.69, 9.17) is 15.2 Å². The van der Waals surface area contributed by atoms with Gasteiger partial charge in [0.05, 0.1) is 14.2 Å². The number of hydrogen-bond acceptors (Lipinski definition) is 3. The highest BCUT2D eigenvalue weighted by atomic mass is 16.5. The van der Waals surface area contributed by atoms with Crippen molar-refractivity contribution >= 4 is 0 Å². The van der Waals surface area contributed by atoms with Crippen LogP contribution in [0.25, 0.3) is 0 Å². The van der Waals surface area contributed by atoms with Gasteiger partial charge < -0.3 is 15.2 Å². The summed E-state index contributed by atoms with van der Waals surface area (Å²) in [5, 5.41) is 0. The first-order valence-electron chi connectivity index (χ1n) is 6.73. The fourth-order valence-electron chi connectivity index (χ4n) is 2.85. The van der Waals surface area contributed by atoms with Crippen LogP contribution >= 0.6 is 0 Å². The normalized spacial score (nSPS) is 18.4. The molecule has 0 radical (unpaired) electrons. The third-order valence-electron chi connectivity index (χ3n) is 3.95. The van der Waals surface area contributed by atoms with Gasteiger partial charge in [0.2, 0.25) is 0 Å². The van der Waals surface area contributed by atoms with Crippen LogP contribution in [0.5, 0.6) is 11.5 Å². The zero-order valence-electron chi connectivity index (χ0n) is 11.3. The monoisotopic (exact) mass is 249 g/mol. The Kier molecular flexibility index (Phi) is 4.48. The van der Waals surface area contributed by atoms with Gasteiger partial charge in [-0.05, 0) is 37.0 Å². The lowest BCUT2D eigenvalue weighted by Gasteiger charge is -2.28. The molecule has 1 fully saturated rings. The Morgan fingerprint density at radius 3 is 2.44 bits per heavy atom. The van der Waals surface area contributed by atoms with Crippen LogP contribution in [0.1, 0.15) is 43.7 Å². The van der Waals surface area contributed by atoms with Crippen molar-refractivity contribution in [1.82, 2.24) is 0 Å². The summed E-state index contributed by atoms with van der Waals surface area (Å²) in [6.07, 6.45) is 6.39. The lowest BCUT2D eigenvalue weighted by atomic mass is 9.81. The number of ether oxygens (including phenoxy) is 2. The van der Waals surface area contributed by atoms with Crippen molar-refractivity contribution in [3.8, 4) is 11.5 Å². The Labute approximate surface area is 109 Å². The highest BCUT2D eigenvalue weighted by Crippen LogP contribution is 2.37. The summed E-state index contributed by atoms with van der Waals surface area (Å²) in [6.45, 7) is 0. The fraction of sp³-hybridized carbons (Fsp3) is 0.600. The Bertz CT molecular complexity index is 386. The molecule has 18 heavy (non-hydrogen) atoms. The van der Waals surface area contributed by atoms with Gasteiger partial charge in [-0.2, -0.15) is 0 Å². The van der Waals surface area contributed by atoms with Crippen LogP contribution in [0, 0.1) is 5.92 Å². The summed E-state index contributed by atoms with van der Waals surface area (Å²) in [6, 6.07) is 5.92. The molecular weight excluding hydrogens is 226 g/mol. The lowest BCUT2D eigenvalue weighted by Crippen LogP contribution is -2.24. The molecule has 0 spiro atoms. The minimum atomic E-state index is 0.0512. The molecule has 3 nitrogen and oxygen atoms in total. The predicted molar refractivity (Wildman–Crippen MR) is 73.0 cm³/mol. The summed E-state index contributed by atoms with van der Waals surface area (Å²) in [7, 11) is 3.37. The van der Waals surface area contributed by atoms with Crippen LogP contribution in [-0.4, -0.2) is 14.2 Å². The van der Waals surface area contributed by atoms with Crippen LogP contribution in [0.3, 0.4) is 0 Å². The Hall–Kier alpha value is -1.22. The Balaban J connectivity index is 2.23. The third kappa shape index (κ3) is 2.78. The highest BCUT2D eigenvalue weighted by molar-refractivity contribution is 5.42. The number of hydrogen-bond donors (Lipinski definition) is 1. The van der Waals surface area contributed by atoms with E-state index in [1.165, 1.54) is 32.1 Å². The molecular formula is C15H23NO2. The van der Waals surface area contributed by atoms with Crippen molar-refractivity contribution in [1.29, 1.82) is 0 Å². The van der Waals surface area contributed by atoms with Crippen LogP contribution < -0.4 is 15.2 Å². The SMILES string of the molecule is COc1ccc(OC)c([C@H](N)C2CCCCC2)c1. The molecule has 0 amide bonds. The molecule has 1 aromatic carbocycles. The van der Waals surface area contributed by atoms with Crippen LogP contribution in [0.4, 0.5) is 0 Å². The lowest BCUT2D eigenvalue weighted by molar-refractivity contribution is 0.300. The largest absolute Gasteiger partial charge is 0.497 e. The Morgan fingerprint density at radius 2 is 1.83 bits per heavy atom. The van der Waals surface area contributed by atoms with E-state index < -0.39 is 0 Å². The first kappa shape index (κ1) is 13.2. The molecule has 0 heterocycles. The quantitative estimate of drug-likeness (QED) is 0.890.